The molecule has 3 N–H and O–H groups in total. The standard InChI is InChI=1S/3C4H6O2.C3H9N.C3H6/c3*1-3(2)4(5)6;1-4(2)3;1-2-3-1/h3*1H2,2H3,(H,5,6);1-3H3;1-3H2. The van der Waals surface area contributed by atoms with Crippen LogP contribution in [0.15, 0.2) is 36.5 Å². The first-order valence-electron chi connectivity index (χ1n) is 7.44. The Morgan fingerprint density at radius 3 is 0.720 bits per heavy atom. The van der Waals surface area contributed by atoms with Crippen molar-refractivity contribution >= 4 is 17.9 Å². The highest BCUT2D eigenvalue weighted by atomic mass is 16.4. The molecule has 0 heterocycles. The van der Waals surface area contributed by atoms with Crippen LogP contribution in [0, 0.1) is 0 Å². The fourth-order valence-electron chi connectivity index (χ4n) is 0. The zero-order chi connectivity index (χ0) is 21.2. The number of aliphatic carboxylic acids is 3. The molecule has 7 heteroatoms. The van der Waals surface area contributed by atoms with Crippen molar-refractivity contribution in [2.24, 2.45) is 0 Å². The van der Waals surface area contributed by atoms with Crippen LogP contribution < -0.4 is 0 Å². The molecule has 0 aromatic carbocycles. The van der Waals surface area contributed by atoms with E-state index in [0.29, 0.717) is 0 Å². The van der Waals surface area contributed by atoms with Crippen molar-refractivity contribution in [3.05, 3.63) is 36.5 Å². The van der Waals surface area contributed by atoms with Crippen LogP contribution in [0.4, 0.5) is 0 Å². The third-order valence-corrected chi connectivity index (χ3v) is 1.45. The van der Waals surface area contributed by atoms with E-state index in [0.717, 1.165) is 0 Å². The van der Waals surface area contributed by atoms with Gasteiger partial charge in [-0.25, -0.2) is 14.4 Å². The van der Waals surface area contributed by atoms with Gasteiger partial charge in [-0.1, -0.05) is 39.0 Å². The van der Waals surface area contributed by atoms with Crippen molar-refractivity contribution in [3.8, 4) is 0 Å². The Bertz CT molecular complexity index is 352. The van der Waals surface area contributed by atoms with Crippen LogP contribution in [0.1, 0.15) is 40.0 Å². The lowest BCUT2D eigenvalue weighted by molar-refractivity contribution is -0.133. The molecule has 1 rings (SSSR count). The van der Waals surface area contributed by atoms with Gasteiger partial charge in [0.2, 0.25) is 0 Å². The fourth-order valence-corrected chi connectivity index (χ4v) is 0. The molecule has 0 aliphatic heterocycles. The number of nitrogens with zero attached hydrogens (tertiary/aromatic N) is 1. The summed E-state index contributed by atoms with van der Waals surface area (Å²) in [6, 6.07) is 0. The minimum atomic E-state index is -0.935. The second kappa shape index (κ2) is 19.6. The van der Waals surface area contributed by atoms with Crippen molar-refractivity contribution in [2.75, 3.05) is 21.1 Å². The summed E-state index contributed by atoms with van der Waals surface area (Å²) < 4.78 is 0. The average Bonchev–Trinajstić information content (AvgIpc) is 3.26. The Morgan fingerprint density at radius 1 is 0.640 bits per heavy atom. The topological polar surface area (TPSA) is 115 Å². The van der Waals surface area contributed by atoms with Crippen LogP contribution in [-0.2, 0) is 14.4 Å². The molecule has 0 unspecified atom stereocenters. The molecule has 0 saturated heterocycles. The van der Waals surface area contributed by atoms with E-state index in [-0.39, 0.29) is 16.7 Å². The lowest BCUT2D eigenvalue weighted by Crippen LogP contribution is -1.99. The summed E-state index contributed by atoms with van der Waals surface area (Å²) >= 11 is 0. The molecule has 0 spiro atoms. The van der Waals surface area contributed by atoms with Crippen LogP contribution in [0.25, 0.3) is 0 Å². The lowest BCUT2D eigenvalue weighted by Gasteiger charge is -1.90. The van der Waals surface area contributed by atoms with Gasteiger partial charge in [0.25, 0.3) is 0 Å². The van der Waals surface area contributed by atoms with Crippen LogP contribution in [0.3, 0.4) is 0 Å². The number of hydrogen-bond acceptors (Lipinski definition) is 4. The number of rotatable bonds is 3. The Hall–Kier alpha value is -2.41. The van der Waals surface area contributed by atoms with Crippen LogP contribution in [-0.4, -0.2) is 59.3 Å². The highest BCUT2D eigenvalue weighted by Gasteiger charge is 1.95. The summed E-state index contributed by atoms with van der Waals surface area (Å²) in [6.45, 7) is 13.8. The highest BCUT2D eigenvalue weighted by molar-refractivity contribution is 5.85. The van der Waals surface area contributed by atoms with Crippen molar-refractivity contribution in [2.45, 2.75) is 40.0 Å². The van der Waals surface area contributed by atoms with Crippen molar-refractivity contribution in [1.29, 1.82) is 0 Å². The average molecular weight is 359 g/mol. The fraction of sp³-hybridized carbons (Fsp3) is 0.500. The monoisotopic (exact) mass is 359 g/mol. The minimum Gasteiger partial charge on any atom is -0.478 e. The summed E-state index contributed by atoms with van der Waals surface area (Å²) in [5.74, 6) is -2.81. The highest BCUT2D eigenvalue weighted by Crippen LogP contribution is 2.14. The van der Waals surface area contributed by atoms with Gasteiger partial charge in [0.15, 0.2) is 0 Å². The van der Waals surface area contributed by atoms with Crippen LogP contribution >= 0.6 is 0 Å². The molecular weight excluding hydrogens is 326 g/mol. The van der Waals surface area contributed by atoms with Gasteiger partial charge in [-0.15, -0.1) is 0 Å². The van der Waals surface area contributed by atoms with Gasteiger partial charge < -0.3 is 20.2 Å². The van der Waals surface area contributed by atoms with Crippen molar-refractivity contribution in [1.82, 2.24) is 4.90 Å². The molecule has 0 atom stereocenters. The smallest absolute Gasteiger partial charge is 0.330 e. The molecule has 0 radical (unpaired) electrons. The van der Waals surface area contributed by atoms with E-state index >= 15 is 0 Å². The van der Waals surface area contributed by atoms with Crippen LogP contribution in [0.5, 0.6) is 0 Å². The molecule has 1 aliphatic carbocycles. The summed E-state index contributed by atoms with van der Waals surface area (Å²) in [5.41, 5.74) is 0.528. The van der Waals surface area contributed by atoms with E-state index in [1.165, 1.54) is 40.0 Å². The summed E-state index contributed by atoms with van der Waals surface area (Å²) in [7, 11) is 6.00. The molecule has 0 aromatic rings. The van der Waals surface area contributed by atoms with Crippen molar-refractivity contribution in [3.63, 3.8) is 0 Å². The predicted octanol–water partition coefficient (Wildman–Crippen LogP) is 3.29. The quantitative estimate of drug-likeness (QED) is 0.662. The third-order valence-electron chi connectivity index (χ3n) is 1.45. The van der Waals surface area contributed by atoms with Gasteiger partial charge in [0.05, 0.1) is 0 Å². The molecule has 0 bridgehead atoms. The van der Waals surface area contributed by atoms with Crippen molar-refractivity contribution < 1.29 is 29.7 Å². The molecule has 25 heavy (non-hydrogen) atoms. The molecule has 1 fully saturated rings. The maximum atomic E-state index is 9.60. The largest absolute Gasteiger partial charge is 0.478 e. The van der Waals surface area contributed by atoms with E-state index in [1.807, 2.05) is 26.0 Å². The van der Waals surface area contributed by atoms with Gasteiger partial charge >= 0.3 is 17.9 Å². The zero-order valence-corrected chi connectivity index (χ0v) is 16.3. The first-order valence-corrected chi connectivity index (χ1v) is 7.44. The Morgan fingerprint density at radius 2 is 0.720 bits per heavy atom. The van der Waals surface area contributed by atoms with E-state index in [4.69, 9.17) is 15.3 Å². The lowest BCUT2D eigenvalue weighted by atomic mass is 10.4. The molecule has 0 aromatic heterocycles. The molecule has 1 aliphatic rings. The maximum absolute atomic E-state index is 9.60. The molecule has 1 saturated carbocycles. The Labute approximate surface area is 151 Å². The second-order valence-corrected chi connectivity index (χ2v) is 5.66. The van der Waals surface area contributed by atoms with Crippen LogP contribution in [0.2, 0.25) is 0 Å². The number of carboxylic acid groups (broad SMARTS) is 3. The number of hydrogen-bond donors (Lipinski definition) is 3. The molecular formula is C18H33NO6. The van der Waals surface area contributed by atoms with E-state index in [9.17, 15) is 14.4 Å². The minimum absolute atomic E-state index is 0.176. The summed E-state index contributed by atoms with van der Waals surface area (Å²) in [4.78, 5) is 30.8. The van der Waals surface area contributed by atoms with Gasteiger partial charge in [0, 0.05) is 16.7 Å². The molecule has 146 valence electrons. The van der Waals surface area contributed by atoms with Gasteiger partial charge in [0.1, 0.15) is 0 Å². The summed E-state index contributed by atoms with van der Waals surface area (Å²) in [6.07, 6.45) is 4.50. The third kappa shape index (κ3) is 73.9. The second-order valence-electron chi connectivity index (χ2n) is 5.66. The first kappa shape index (κ1) is 30.5. The first-order chi connectivity index (χ1) is 11.2. The summed E-state index contributed by atoms with van der Waals surface area (Å²) in [5, 5.41) is 23.7. The zero-order valence-electron chi connectivity index (χ0n) is 16.3. The number of carbonyl (C=O) groups is 3. The maximum Gasteiger partial charge on any atom is 0.330 e. The van der Waals surface area contributed by atoms with E-state index in [2.05, 4.69) is 19.7 Å². The predicted molar refractivity (Wildman–Crippen MR) is 101 cm³/mol. The SMILES string of the molecule is C1CC1.C=C(C)C(=O)O.C=C(C)C(=O)O.C=C(C)C(=O)O.CN(C)C. The Kier molecular flexibility index (Phi) is 23.9. The van der Waals surface area contributed by atoms with Gasteiger partial charge in [-0.3, -0.25) is 0 Å². The van der Waals surface area contributed by atoms with Gasteiger partial charge in [-0.2, -0.15) is 0 Å². The Balaban J connectivity index is -0.000000112. The van der Waals surface area contributed by atoms with E-state index < -0.39 is 17.9 Å². The molecule has 7 nitrogen and oxygen atoms in total. The normalized spacial score (nSPS) is 9.72. The molecule has 0 amide bonds. The number of carboxylic acids is 3. The van der Waals surface area contributed by atoms with Gasteiger partial charge in [-0.05, 0) is 41.9 Å². The van der Waals surface area contributed by atoms with E-state index in [1.54, 1.807) is 0 Å².